The standard InChI is InChI=1S/C12H12N2O3.C12H23N.C9H18FNO.C3H8.C2H6/c1-2-17-12(16)11-6-8-5-9(13-7-15)3-4-10(8)14-11;1-10-12(8-9-13(10)2)11-6-4-3-5-7-11;1-2-8(7-12)4-3-5-9(11)6-10;1-3-2;1-2/h3-7,14H,2H2,1H3,(H,13,15);10-12H,3-9H2,1-2H3;7-9H,2-6,11H2,1H3;3H2,1-2H3;1-2H3. The number of hydrogen-bond acceptors (Lipinski definition) is 6. The summed E-state index contributed by atoms with van der Waals surface area (Å²) in [7, 11) is 2.29. The first-order chi connectivity index (χ1) is 22.7. The summed E-state index contributed by atoms with van der Waals surface area (Å²) < 4.78 is 16.8. The van der Waals surface area contributed by atoms with E-state index in [-0.39, 0.29) is 17.9 Å². The van der Waals surface area contributed by atoms with Crippen LogP contribution in [0.15, 0.2) is 24.3 Å². The van der Waals surface area contributed by atoms with Crippen molar-refractivity contribution in [2.75, 3.05) is 32.2 Å². The smallest absolute Gasteiger partial charge is 0.354 e. The van der Waals surface area contributed by atoms with E-state index in [1.165, 1.54) is 51.5 Å². The van der Waals surface area contributed by atoms with Gasteiger partial charge in [-0.25, -0.2) is 9.18 Å². The van der Waals surface area contributed by atoms with Gasteiger partial charge in [0.05, 0.1) is 6.61 Å². The Balaban J connectivity index is 0.000000641. The highest BCUT2D eigenvalue weighted by Gasteiger charge is 2.34. The lowest BCUT2D eigenvalue weighted by atomic mass is 9.77. The van der Waals surface area contributed by atoms with Gasteiger partial charge in [-0.3, -0.25) is 4.79 Å². The largest absolute Gasteiger partial charge is 0.461 e. The van der Waals surface area contributed by atoms with Crippen molar-refractivity contribution in [3.63, 3.8) is 0 Å². The van der Waals surface area contributed by atoms with Crippen molar-refractivity contribution in [1.82, 2.24) is 9.88 Å². The zero-order chi connectivity index (χ0) is 35.6. The molecule has 2 aromatic rings. The van der Waals surface area contributed by atoms with Crippen LogP contribution in [-0.2, 0) is 14.3 Å². The minimum absolute atomic E-state index is 0.136. The fourth-order valence-electron chi connectivity index (χ4n) is 6.01. The maximum atomic E-state index is 11.9. The number of nitrogens with zero attached hydrogens (tertiary/aromatic N) is 1. The van der Waals surface area contributed by atoms with Crippen LogP contribution in [0.4, 0.5) is 10.1 Å². The maximum Gasteiger partial charge on any atom is 0.354 e. The number of amides is 1. The van der Waals surface area contributed by atoms with Gasteiger partial charge in [0.1, 0.15) is 18.7 Å². The van der Waals surface area contributed by atoms with Gasteiger partial charge < -0.3 is 30.5 Å². The molecule has 1 aliphatic carbocycles. The van der Waals surface area contributed by atoms with Crippen LogP contribution in [0.2, 0.25) is 0 Å². The fraction of sp³-hybridized carbons (Fsp3) is 0.711. The van der Waals surface area contributed by atoms with Crippen molar-refractivity contribution in [2.45, 2.75) is 131 Å². The number of ether oxygens (including phenoxy) is 1. The second-order valence-corrected chi connectivity index (χ2v) is 12.4. The van der Waals surface area contributed by atoms with Crippen molar-refractivity contribution in [3.05, 3.63) is 30.0 Å². The number of hydrogen-bond donors (Lipinski definition) is 3. The molecule has 0 spiro atoms. The molecule has 4 atom stereocenters. The van der Waals surface area contributed by atoms with E-state index in [1.807, 2.05) is 20.8 Å². The summed E-state index contributed by atoms with van der Waals surface area (Å²) in [5.74, 6) is 1.84. The molecular formula is C38H67FN4O4. The number of aromatic nitrogens is 1. The maximum absolute atomic E-state index is 11.9. The monoisotopic (exact) mass is 663 g/mol. The summed E-state index contributed by atoms with van der Waals surface area (Å²) in [5, 5.41) is 3.40. The van der Waals surface area contributed by atoms with Crippen molar-refractivity contribution in [3.8, 4) is 0 Å². The zero-order valence-electron chi connectivity index (χ0n) is 30.8. The highest BCUT2D eigenvalue weighted by molar-refractivity contribution is 5.96. The number of H-pyrrole nitrogens is 1. The van der Waals surface area contributed by atoms with Gasteiger partial charge in [-0.05, 0) is 89.2 Å². The molecule has 4 rings (SSSR count). The Morgan fingerprint density at radius 3 is 2.26 bits per heavy atom. The van der Waals surface area contributed by atoms with Crippen LogP contribution in [-0.4, -0.2) is 67.5 Å². The predicted octanol–water partition coefficient (Wildman–Crippen LogP) is 8.94. The Bertz CT molecular complexity index is 1090. The number of benzene rings is 1. The van der Waals surface area contributed by atoms with Crippen molar-refractivity contribution in [2.24, 2.45) is 23.5 Å². The molecule has 8 nitrogen and oxygen atoms in total. The lowest BCUT2D eigenvalue weighted by molar-refractivity contribution is -0.111. The van der Waals surface area contributed by atoms with E-state index < -0.39 is 6.67 Å². The molecule has 2 aliphatic rings. The minimum Gasteiger partial charge on any atom is -0.461 e. The number of nitrogens with one attached hydrogen (secondary N) is 2. The Labute approximate surface area is 285 Å². The molecule has 2 heterocycles. The molecule has 4 unspecified atom stereocenters. The third-order valence-electron chi connectivity index (χ3n) is 8.79. The second kappa shape index (κ2) is 27.2. The van der Waals surface area contributed by atoms with E-state index in [4.69, 9.17) is 10.5 Å². The predicted molar refractivity (Wildman–Crippen MR) is 196 cm³/mol. The lowest BCUT2D eigenvalue weighted by Gasteiger charge is -2.31. The Hall–Kier alpha value is -2.78. The van der Waals surface area contributed by atoms with Crippen molar-refractivity contribution >= 4 is 35.3 Å². The molecule has 1 saturated heterocycles. The number of carbonyl (C=O) groups excluding carboxylic acids is 3. The number of likely N-dealkylation sites (tertiary alicyclic amines) is 1. The van der Waals surface area contributed by atoms with Crippen LogP contribution >= 0.6 is 0 Å². The van der Waals surface area contributed by atoms with Gasteiger partial charge in [0.2, 0.25) is 6.41 Å². The first-order valence-corrected chi connectivity index (χ1v) is 18.2. The highest BCUT2D eigenvalue weighted by Crippen LogP contribution is 2.37. The normalized spacial score (nSPS) is 18.8. The Kier molecular flexibility index (Phi) is 25.6. The van der Waals surface area contributed by atoms with Crippen LogP contribution in [0.25, 0.3) is 10.9 Å². The number of nitrogens with two attached hydrogens (primary N) is 1. The van der Waals surface area contributed by atoms with Gasteiger partial charge >= 0.3 is 5.97 Å². The topological polar surface area (TPSA) is 118 Å². The molecule has 1 aromatic heterocycles. The molecule has 0 radical (unpaired) electrons. The second-order valence-electron chi connectivity index (χ2n) is 12.4. The molecule has 4 N–H and O–H groups in total. The molecule has 9 heteroatoms. The van der Waals surface area contributed by atoms with Crippen LogP contribution in [0.3, 0.4) is 0 Å². The average molecular weight is 663 g/mol. The van der Waals surface area contributed by atoms with Crippen molar-refractivity contribution < 1.29 is 23.5 Å². The molecule has 1 amide bonds. The van der Waals surface area contributed by atoms with Gasteiger partial charge in [-0.15, -0.1) is 0 Å². The lowest BCUT2D eigenvalue weighted by Crippen LogP contribution is -2.30. The summed E-state index contributed by atoms with van der Waals surface area (Å²) in [5.41, 5.74) is 7.29. The summed E-state index contributed by atoms with van der Waals surface area (Å²) in [6, 6.07) is 7.54. The third kappa shape index (κ3) is 17.3. The molecule has 1 aliphatic heterocycles. The number of halogens is 1. The number of aromatic amines is 1. The third-order valence-corrected chi connectivity index (χ3v) is 8.79. The van der Waals surface area contributed by atoms with Gasteiger partial charge in [0.25, 0.3) is 0 Å². The number of fused-ring (bicyclic) bond motifs is 1. The SMILES string of the molecule is CC.CC1C(C2CCCCC2)CCN1C.CCC.CCC(C=O)CCCC(N)CF.CCOC(=O)c1cc2cc(NC=O)ccc2[nH]1. The highest BCUT2D eigenvalue weighted by atomic mass is 19.1. The van der Waals surface area contributed by atoms with E-state index in [0.717, 1.165) is 54.3 Å². The Morgan fingerprint density at radius 2 is 1.74 bits per heavy atom. The first kappa shape index (κ1) is 44.2. The number of rotatable bonds is 12. The Morgan fingerprint density at radius 1 is 1.09 bits per heavy atom. The van der Waals surface area contributed by atoms with Crippen LogP contribution in [0.1, 0.15) is 130 Å². The first-order valence-electron chi connectivity index (χ1n) is 18.2. The number of alkyl halides is 1. The summed E-state index contributed by atoms with van der Waals surface area (Å²) in [6.45, 7) is 15.6. The van der Waals surface area contributed by atoms with Gasteiger partial charge in [-0.1, -0.05) is 79.6 Å². The van der Waals surface area contributed by atoms with E-state index in [2.05, 4.69) is 43.0 Å². The fourth-order valence-corrected chi connectivity index (χ4v) is 6.01. The quantitative estimate of drug-likeness (QED) is 0.154. The number of aldehydes is 1. The van der Waals surface area contributed by atoms with Crippen LogP contribution in [0, 0.1) is 17.8 Å². The molecule has 1 aromatic carbocycles. The summed E-state index contributed by atoms with van der Waals surface area (Å²) >= 11 is 0. The summed E-state index contributed by atoms with van der Waals surface area (Å²) in [6.07, 6.45) is 15.1. The van der Waals surface area contributed by atoms with Crippen LogP contribution < -0.4 is 11.1 Å². The zero-order valence-corrected chi connectivity index (χ0v) is 30.8. The molecule has 2 fully saturated rings. The van der Waals surface area contributed by atoms with Gasteiger partial charge in [0.15, 0.2) is 0 Å². The molecule has 1 saturated carbocycles. The van der Waals surface area contributed by atoms with Crippen molar-refractivity contribution in [1.29, 1.82) is 0 Å². The molecule has 0 bridgehead atoms. The summed E-state index contributed by atoms with van der Waals surface area (Å²) in [4.78, 5) is 37.7. The van der Waals surface area contributed by atoms with E-state index in [9.17, 15) is 18.8 Å². The van der Waals surface area contributed by atoms with Crippen LogP contribution in [0.5, 0.6) is 0 Å². The van der Waals surface area contributed by atoms with E-state index in [0.29, 0.717) is 30.8 Å². The van der Waals surface area contributed by atoms with Gasteiger partial charge in [0, 0.05) is 34.6 Å². The molecule has 270 valence electrons. The molecule has 47 heavy (non-hydrogen) atoms. The minimum atomic E-state index is -0.460. The number of esters is 1. The van der Waals surface area contributed by atoms with E-state index >= 15 is 0 Å². The van der Waals surface area contributed by atoms with Gasteiger partial charge in [-0.2, -0.15) is 0 Å². The van der Waals surface area contributed by atoms with E-state index in [1.54, 1.807) is 31.2 Å². The number of anilines is 1. The number of carbonyl (C=O) groups is 3. The average Bonchev–Trinajstić information content (AvgIpc) is 3.68. The molecular weight excluding hydrogens is 595 g/mol.